The topological polar surface area (TPSA) is 66.5 Å². The van der Waals surface area contributed by atoms with Gasteiger partial charge in [-0.2, -0.15) is 11.8 Å². The number of aryl methyl sites for hydroxylation is 2. The van der Waals surface area contributed by atoms with E-state index in [1.807, 2.05) is 19.9 Å². The van der Waals surface area contributed by atoms with Gasteiger partial charge in [-0.15, -0.1) is 0 Å². The number of carbonyl (C=O) groups excluding carboxylic acids is 1. The van der Waals surface area contributed by atoms with Crippen molar-refractivity contribution in [1.82, 2.24) is 5.32 Å². The van der Waals surface area contributed by atoms with Crippen LogP contribution in [0.2, 0.25) is 5.02 Å². The maximum Gasteiger partial charge on any atom is 0.243 e. The van der Waals surface area contributed by atoms with E-state index in [2.05, 4.69) is 5.32 Å². The summed E-state index contributed by atoms with van der Waals surface area (Å²) >= 11 is 7.44. The predicted molar refractivity (Wildman–Crippen MR) is 123 cm³/mol. The van der Waals surface area contributed by atoms with E-state index in [1.165, 1.54) is 17.8 Å². The monoisotopic (exact) mass is 472 g/mol. The number of amides is 1. The molecule has 5 nitrogen and oxygen atoms in total. The number of nitrogens with one attached hydrogen (secondary N) is 1. The fraction of sp³-hybridized carbons (Fsp3) is 0.381. The lowest BCUT2D eigenvalue weighted by atomic mass is 10.1. The summed E-state index contributed by atoms with van der Waals surface area (Å²) < 4.78 is 39.7. The fourth-order valence-corrected chi connectivity index (χ4v) is 5.48. The minimum absolute atomic E-state index is 0.324. The van der Waals surface area contributed by atoms with Crippen LogP contribution in [0.3, 0.4) is 0 Å². The number of sulfonamides is 1. The second kappa shape index (κ2) is 10.5. The summed E-state index contributed by atoms with van der Waals surface area (Å²) in [6, 6.07) is 9.06. The van der Waals surface area contributed by atoms with Crippen molar-refractivity contribution in [1.29, 1.82) is 0 Å². The van der Waals surface area contributed by atoms with Gasteiger partial charge in [0, 0.05) is 28.6 Å². The van der Waals surface area contributed by atoms with E-state index in [1.54, 1.807) is 31.2 Å². The van der Waals surface area contributed by atoms with Gasteiger partial charge in [-0.1, -0.05) is 23.7 Å². The maximum absolute atomic E-state index is 13.8. The third-order valence-corrected chi connectivity index (χ3v) is 6.98. The van der Waals surface area contributed by atoms with E-state index < -0.39 is 22.0 Å². The number of thioether (sulfide) groups is 1. The third kappa shape index (κ3) is 6.62. The van der Waals surface area contributed by atoms with Crippen LogP contribution < -0.4 is 9.62 Å². The number of hydrogen-bond donors (Lipinski definition) is 1. The third-order valence-electron chi connectivity index (χ3n) is 4.40. The van der Waals surface area contributed by atoms with Gasteiger partial charge in [0.1, 0.15) is 11.9 Å². The highest BCUT2D eigenvalue weighted by Crippen LogP contribution is 2.25. The van der Waals surface area contributed by atoms with Crippen molar-refractivity contribution in [3.8, 4) is 0 Å². The first-order valence-electron chi connectivity index (χ1n) is 9.36. The van der Waals surface area contributed by atoms with Gasteiger partial charge in [0.2, 0.25) is 15.9 Å². The molecular weight excluding hydrogens is 447 g/mol. The molecule has 0 fully saturated rings. The molecular formula is C21H26ClFN2O3S2. The first-order valence-corrected chi connectivity index (χ1v) is 12.7. The molecule has 164 valence electrons. The molecule has 0 aliphatic rings. The average Bonchev–Trinajstić information content (AvgIpc) is 2.61. The molecule has 0 aliphatic carbocycles. The maximum atomic E-state index is 13.8. The molecule has 1 amide bonds. The lowest BCUT2D eigenvalue weighted by Gasteiger charge is -2.28. The number of nitrogens with zero attached hydrogens (tertiary/aromatic N) is 1. The van der Waals surface area contributed by atoms with Crippen LogP contribution >= 0.6 is 23.4 Å². The Hall–Kier alpha value is -1.77. The molecule has 0 bridgehead atoms. The molecule has 0 saturated carbocycles. The Kier molecular flexibility index (Phi) is 8.58. The number of hydrogen-bond acceptors (Lipinski definition) is 4. The SMILES string of the molecule is Cc1cc(C)cc(N([C@@H](C)C(=O)NCCSCc2c(F)cccc2Cl)S(C)(=O)=O)c1. The van der Waals surface area contributed by atoms with E-state index in [0.29, 0.717) is 34.3 Å². The molecule has 9 heteroatoms. The van der Waals surface area contributed by atoms with Crippen LogP contribution in [0.5, 0.6) is 0 Å². The normalized spacial score (nSPS) is 12.5. The van der Waals surface area contributed by atoms with Gasteiger partial charge in [-0.3, -0.25) is 9.10 Å². The second-order valence-electron chi connectivity index (χ2n) is 7.12. The van der Waals surface area contributed by atoms with E-state index in [9.17, 15) is 17.6 Å². The molecule has 0 spiro atoms. The van der Waals surface area contributed by atoms with E-state index in [4.69, 9.17) is 11.6 Å². The predicted octanol–water partition coefficient (Wildman–Crippen LogP) is 4.30. The molecule has 0 heterocycles. The van der Waals surface area contributed by atoms with Gasteiger partial charge in [-0.05, 0) is 56.2 Å². The molecule has 0 aromatic heterocycles. The molecule has 0 saturated heterocycles. The van der Waals surface area contributed by atoms with Crippen LogP contribution in [-0.4, -0.2) is 38.9 Å². The Morgan fingerprint density at radius 2 is 1.87 bits per heavy atom. The molecule has 0 unspecified atom stereocenters. The smallest absolute Gasteiger partial charge is 0.243 e. The Balaban J connectivity index is 1.97. The molecule has 2 aromatic carbocycles. The standard InChI is InChI=1S/C21H26ClFN2O3S2/c1-14-10-15(2)12-17(11-14)25(30(4,27)28)16(3)21(26)24-8-9-29-13-18-19(22)6-5-7-20(18)23/h5-7,10-12,16H,8-9,13H2,1-4H3,(H,24,26)/t16-/m0/s1. The summed E-state index contributed by atoms with van der Waals surface area (Å²) in [5.41, 5.74) is 2.71. The van der Waals surface area contributed by atoms with Gasteiger partial charge < -0.3 is 5.32 Å². The summed E-state index contributed by atoms with van der Waals surface area (Å²) in [6.07, 6.45) is 1.09. The zero-order valence-corrected chi connectivity index (χ0v) is 19.8. The molecule has 0 radical (unpaired) electrons. The second-order valence-corrected chi connectivity index (χ2v) is 10.5. The summed E-state index contributed by atoms with van der Waals surface area (Å²) in [5.74, 6) is 0.162. The van der Waals surface area contributed by atoms with Crippen molar-refractivity contribution in [3.63, 3.8) is 0 Å². The Morgan fingerprint density at radius 3 is 2.43 bits per heavy atom. The minimum Gasteiger partial charge on any atom is -0.353 e. The summed E-state index contributed by atoms with van der Waals surface area (Å²) in [6.45, 7) is 5.63. The highest BCUT2D eigenvalue weighted by Gasteiger charge is 2.29. The lowest BCUT2D eigenvalue weighted by molar-refractivity contribution is -0.121. The number of rotatable bonds is 9. The van der Waals surface area contributed by atoms with Crippen LogP contribution in [0.25, 0.3) is 0 Å². The Bertz CT molecular complexity index is 975. The lowest BCUT2D eigenvalue weighted by Crippen LogP contribution is -2.48. The van der Waals surface area contributed by atoms with Crippen molar-refractivity contribution >= 4 is 45.0 Å². The molecule has 0 aliphatic heterocycles. The van der Waals surface area contributed by atoms with Gasteiger partial charge in [0.25, 0.3) is 0 Å². The Morgan fingerprint density at radius 1 is 1.23 bits per heavy atom. The van der Waals surface area contributed by atoms with Crippen LogP contribution in [0, 0.1) is 19.7 Å². The van der Waals surface area contributed by atoms with E-state index >= 15 is 0 Å². The minimum atomic E-state index is -3.67. The number of anilines is 1. The first kappa shape index (κ1) is 24.5. The first-order chi connectivity index (χ1) is 14.0. The summed E-state index contributed by atoms with van der Waals surface area (Å²) in [4.78, 5) is 12.6. The number of benzene rings is 2. The Labute approximate surface area is 187 Å². The quantitative estimate of drug-likeness (QED) is 0.552. The highest BCUT2D eigenvalue weighted by atomic mass is 35.5. The van der Waals surface area contributed by atoms with Crippen molar-refractivity contribution < 1.29 is 17.6 Å². The molecule has 30 heavy (non-hydrogen) atoms. The molecule has 2 aromatic rings. The highest BCUT2D eigenvalue weighted by molar-refractivity contribution is 7.98. The van der Waals surface area contributed by atoms with Gasteiger partial charge in [-0.25, -0.2) is 12.8 Å². The van der Waals surface area contributed by atoms with Gasteiger partial charge in [0.05, 0.1) is 11.9 Å². The largest absolute Gasteiger partial charge is 0.353 e. The van der Waals surface area contributed by atoms with Crippen LogP contribution in [0.4, 0.5) is 10.1 Å². The van der Waals surface area contributed by atoms with E-state index in [-0.39, 0.29) is 5.82 Å². The molecule has 1 atom stereocenters. The van der Waals surface area contributed by atoms with Crippen LogP contribution in [0.15, 0.2) is 36.4 Å². The van der Waals surface area contributed by atoms with Gasteiger partial charge in [0.15, 0.2) is 0 Å². The van der Waals surface area contributed by atoms with Crippen molar-refractivity contribution in [2.45, 2.75) is 32.6 Å². The number of halogens is 2. The fourth-order valence-electron chi connectivity index (χ4n) is 3.13. The zero-order valence-electron chi connectivity index (χ0n) is 17.4. The number of carbonyl (C=O) groups is 1. The summed E-state index contributed by atoms with van der Waals surface area (Å²) in [7, 11) is -3.67. The molecule has 1 N–H and O–H groups in total. The average molecular weight is 473 g/mol. The summed E-state index contributed by atoms with van der Waals surface area (Å²) in [5, 5.41) is 3.13. The van der Waals surface area contributed by atoms with Crippen molar-refractivity contribution in [2.75, 3.05) is 22.9 Å². The van der Waals surface area contributed by atoms with E-state index in [0.717, 1.165) is 21.7 Å². The van der Waals surface area contributed by atoms with Crippen LogP contribution in [0.1, 0.15) is 23.6 Å². The van der Waals surface area contributed by atoms with Crippen LogP contribution in [-0.2, 0) is 20.6 Å². The van der Waals surface area contributed by atoms with Crippen molar-refractivity contribution in [2.24, 2.45) is 0 Å². The van der Waals surface area contributed by atoms with Crippen molar-refractivity contribution in [3.05, 3.63) is 63.9 Å². The van der Waals surface area contributed by atoms with Gasteiger partial charge >= 0.3 is 0 Å². The molecule has 2 rings (SSSR count). The zero-order chi connectivity index (χ0) is 22.5.